The first-order valence-electron chi connectivity index (χ1n) is 9.23. The van der Waals surface area contributed by atoms with Gasteiger partial charge >= 0.3 is 0 Å². The topological polar surface area (TPSA) is 72.5 Å². The van der Waals surface area contributed by atoms with Gasteiger partial charge in [-0.1, -0.05) is 18.2 Å². The van der Waals surface area contributed by atoms with Crippen LogP contribution < -0.4 is 15.8 Å². The van der Waals surface area contributed by atoms with Crippen LogP contribution in [0.15, 0.2) is 65.8 Å². The summed E-state index contributed by atoms with van der Waals surface area (Å²) in [7, 11) is 0. The van der Waals surface area contributed by atoms with Gasteiger partial charge in [-0.25, -0.2) is 14.4 Å². The first-order chi connectivity index (χ1) is 13.7. The van der Waals surface area contributed by atoms with E-state index in [2.05, 4.69) is 27.4 Å². The summed E-state index contributed by atoms with van der Waals surface area (Å²) in [6.45, 7) is 0.400. The molecule has 2 aromatic carbocycles. The van der Waals surface area contributed by atoms with Crippen LogP contribution in [-0.4, -0.2) is 10.9 Å². The van der Waals surface area contributed by atoms with Crippen molar-refractivity contribution in [3.8, 4) is 11.6 Å². The first kappa shape index (κ1) is 21.0. The Kier molecular flexibility index (Phi) is 7.03. The minimum absolute atomic E-state index is 0. The lowest BCUT2D eigenvalue weighted by molar-refractivity contribution is 0.457. The second-order valence-electron chi connectivity index (χ2n) is 6.73. The molecule has 29 heavy (non-hydrogen) atoms. The van der Waals surface area contributed by atoms with E-state index in [9.17, 15) is 4.39 Å². The molecule has 1 aromatic heterocycles. The van der Waals surface area contributed by atoms with E-state index in [0.717, 1.165) is 24.1 Å². The lowest BCUT2D eigenvalue weighted by Crippen LogP contribution is -2.22. The van der Waals surface area contributed by atoms with Gasteiger partial charge in [0.15, 0.2) is 5.96 Å². The van der Waals surface area contributed by atoms with Gasteiger partial charge in [0.25, 0.3) is 0 Å². The van der Waals surface area contributed by atoms with Crippen LogP contribution in [0.2, 0.25) is 0 Å². The third-order valence-corrected chi connectivity index (χ3v) is 4.62. The number of benzene rings is 2. The minimum atomic E-state index is -0.352. The molecule has 0 fully saturated rings. The normalized spacial score (nSPS) is 12.8. The number of nitrogens with one attached hydrogen (secondary N) is 1. The van der Waals surface area contributed by atoms with E-state index in [1.54, 1.807) is 24.4 Å². The van der Waals surface area contributed by atoms with E-state index in [-0.39, 0.29) is 29.8 Å². The number of guanidine groups is 1. The van der Waals surface area contributed by atoms with Crippen molar-refractivity contribution in [1.29, 1.82) is 0 Å². The van der Waals surface area contributed by atoms with Gasteiger partial charge in [-0.2, -0.15) is 0 Å². The number of nitrogens with zero attached hydrogens (tertiary/aromatic N) is 2. The van der Waals surface area contributed by atoms with Crippen molar-refractivity contribution in [3.63, 3.8) is 0 Å². The summed E-state index contributed by atoms with van der Waals surface area (Å²) in [6, 6.07) is 15.8. The van der Waals surface area contributed by atoms with E-state index in [1.807, 2.05) is 12.1 Å². The summed E-state index contributed by atoms with van der Waals surface area (Å²) in [6.07, 6.45) is 5.16. The molecule has 150 valence electrons. The number of ether oxygens (including phenoxy) is 1. The van der Waals surface area contributed by atoms with Gasteiger partial charge in [0.05, 0.1) is 6.54 Å². The maximum absolute atomic E-state index is 13.2. The van der Waals surface area contributed by atoms with E-state index >= 15 is 0 Å². The molecule has 5 nitrogen and oxygen atoms in total. The predicted molar refractivity (Wildman–Crippen MR) is 124 cm³/mol. The van der Waals surface area contributed by atoms with Crippen LogP contribution in [0.3, 0.4) is 0 Å². The van der Waals surface area contributed by atoms with Gasteiger partial charge < -0.3 is 15.8 Å². The Morgan fingerprint density at radius 2 is 1.97 bits per heavy atom. The molecule has 0 aliphatic heterocycles. The van der Waals surface area contributed by atoms with Gasteiger partial charge in [-0.05, 0) is 60.2 Å². The predicted octanol–water partition coefficient (Wildman–Crippen LogP) is 5.05. The number of rotatable bonds is 5. The van der Waals surface area contributed by atoms with Crippen molar-refractivity contribution in [2.24, 2.45) is 10.7 Å². The zero-order valence-corrected chi connectivity index (χ0v) is 18.1. The number of aryl methyl sites for hydroxylation is 2. The number of fused-ring (bicyclic) bond motifs is 1. The average Bonchev–Trinajstić information content (AvgIpc) is 3.15. The lowest BCUT2D eigenvalue weighted by atomic mass is 10.1. The summed E-state index contributed by atoms with van der Waals surface area (Å²) < 4.78 is 18.7. The third kappa shape index (κ3) is 5.66. The zero-order chi connectivity index (χ0) is 19.3. The van der Waals surface area contributed by atoms with Crippen LogP contribution in [0.1, 0.15) is 23.1 Å². The fraction of sp³-hybridized carbons (Fsp3) is 0.182. The molecule has 1 aliphatic carbocycles. The number of halogens is 2. The maximum atomic E-state index is 13.2. The van der Waals surface area contributed by atoms with Crippen molar-refractivity contribution in [3.05, 3.63) is 83.3 Å². The lowest BCUT2D eigenvalue weighted by Gasteiger charge is -2.08. The Balaban J connectivity index is 0.00000240. The molecule has 0 unspecified atom stereocenters. The summed E-state index contributed by atoms with van der Waals surface area (Å²) in [5.41, 5.74) is 10.7. The molecule has 1 heterocycles. The molecular formula is C22H22FIN4O. The highest BCUT2D eigenvalue weighted by Gasteiger charge is 2.10. The molecular weight excluding hydrogens is 482 g/mol. The molecule has 7 heteroatoms. The molecule has 0 spiro atoms. The van der Waals surface area contributed by atoms with E-state index in [0.29, 0.717) is 24.1 Å². The Morgan fingerprint density at radius 3 is 2.76 bits per heavy atom. The van der Waals surface area contributed by atoms with Crippen molar-refractivity contribution in [1.82, 2.24) is 4.98 Å². The summed E-state index contributed by atoms with van der Waals surface area (Å²) in [4.78, 5) is 8.59. The van der Waals surface area contributed by atoms with Crippen LogP contribution in [0.25, 0.3) is 0 Å². The van der Waals surface area contributed by atoms with Crippen LogP contribution >= 0.6 is 24.0 Å². The second-order valence-corrected chi connectivity index (χ2v) is 6.73. The number of aliphatic imine (C=N–C) groups is 1. The summed E-state index contributed by atoms with van der Waals surface area (Å²) in [5.74, 6) is 0.802. The first-order valence-corrected chi connectivity index (χ1v) is 9.23. The Labute approximate surface area is 186 Å². The molecule has 4 rings (SSSR count). The molecule has 1 aliphatic rings. The molecule has 0 saturated carbocycles. The fourth-order valence-electron chi connectivity index (χ4n) is 3.23. The number of aromatic nitrogens is 1. The van der Waals surface area contributed by atoms with Gasteiger partial charge in [-0.3, -0.25) is 0 Å². The number of hydrogen-bond acceptors (Lipinski definition) is 3. The van der Waals surface area contributed by atoms with Gasteiger partial charge in [0.1, 0.15) is 11.6 Å². The van der Waals surface area contributed by atoms with Crippen LogP contribution in [0.5, 0.6) is 11.6 Å². The summed E-state index contributed by atoms with van der Waals surface area (Å²) in [5, 5.41) is 3.14. The van der Waals surface area contributed by atoms with Crippen LogP contribution in [-0.2, 0) is 19.4 Å². The third-order valence-electron chi connectivity index (χ3n) is 4.62. The Morgan fingerprint density at radius 1 is 1.10 bits per heavy atom. The van der Waals surface area contributed by atoms with Gasteiger partial charge in [0, 0.05) is 24.0 Å². The number of nitrogens with two attached hydrogens (primary N) is 1. The fourth-order valence-corrected chi connectivity index (χ4v) is 3.23. The average molecular weight is 504 g/mol. The van der Waals surface area contributed by atoms with Gasteiger partial charge in [0.2, 0.25) is 5.88 Å². The number of pyridine rings is 1. The molecule has 3 N–H and O–H groups in total. The van der Waals surface area contributed by atoms with E-state index in [1.165, 1.54) is 29.7 Å². The molecule has 0 radical (unpaired) electrons. The summed E-state index contributed by atoms with van der Waals surface area (Å²) >= 11 is 0. The van der Waals surface area contributed by atoms with Crippen molar-refractivity contribution < 1.29 is 9.13 Å². The smallest absolute Gasteiger partial charge is 0.219 e. The van der Waals surface area contributed by atoms with Crippen LogP contribution in [0.4, 0.5) is 10.1 Å². The van der Waals surface area contributed by atoms with Crippen LogP contribution in [0, 0.1) is 5.82 Å². The highest BCUT2D eigenvalue weighted by atomic mass is 127. The Hall–Kier alpha value is -2.68. The van der Waals surface area contributed by atoms with E-state index in [4.69, 9.17) is 10.5 Å². The van der Waals surface area contributed by atoms with E-state index < -0.39 is 0 Å². The largest absolute Gasteiger partial charge is 0.439 e. The molecule has 3 aromatic rings. The highest BCUT2D eigenvalue weighted by molar-refractivity contribution is 14.0. The molecule has 0 amide bonds. The van der Waals surface area contributed by atoms with Crippen molar-refractivity contribution in [2.75, 3.05) is 5.32 Å². The number of hydrogen-bond donors (Lipinski definition) is 2. The highest BCUT2D eigenvalue weighted by Crippen LogP contribution is 2.25. The monoisotopic (exact) mass is 504 g/mol. The minimum Gasteiger partial charge on any atom is -0.439 e. The number of anilines is 1. The second kappa shape index (κ2) is 9.69. The van der Waals surface area contributed by atoms with Gasteiger partial charge in [-0.15, -0.1) is 24.0 Å². The molecule has 0 saturated heterocycles. The zero-order valence-electron chi connectivity index (χ0n) is 15.8. The molecule has 0 bridgehead atoms. The van der Waals surface area contributed by atoms with Crippen molar-refractivity contribution >= 4 is 35.6 Å². The standard InChI is InChI=1S/C22H21FN4O.HI/c23-18-5-2-6-20(12-18)28-21-10-7-15(13-25-21)14-26-22(24)27-19-9-8-16-3-1-4-17(16)11-19;/h2,5-13H,1,3-4,14H2,(H3,24,26,27);1H. The quantitative estimate of drug-likeness (QED) is 0.290. The molecule has 0 atom stereocenters. The van der Waals surface area contributed by atoms with Crippen molar-refractivity contribution in [2.45, 2.75) is 25.8 Å². The maximum Gasteiger partial charge on any atom is 0.219 e. The Bertz CT molecular complexity index is 1010. The SMILES string of the molecule is I.NC(=NCc1ccc(Oc2cccc(F)c2)nc1)Nc1ccc2c(c1)CCC2.